The van der Waals surface area contributed by atoms with Crippen molar-refractivity contribution in [2.75, 3.05) is 46.6 Å². The van der Waals surface area contributed by atoms with Crippen LogP contribution >= 0.6 is 0 Å². The molecule has 0 bridgehead atoms. The Labute approximate surface area is 193 Å². The van der Waals surface area contributed by atoms with Crippen LogP contribution in [0.1, 0.15) is 12.8 Å². The molecule has 0 saturated carbocycles. The SMILES string of the molecule is COc1ccccc1OCCNC(=O)C1CCN(S(=O)(=O)c2ccc3c(c2)OCCO3)CC1. The van der Waals surface area contributed by atoms with Crippen molar-refractivity contribution in [3.8, 4) is 23.0 Å². The Balaban J connectivity index is 1.25. The Morgan fingerprint density at radius 2 is 1.76 bits per heavy atom. The summed E-state index contributed by atoms with van der Waals surface area (Å²) in [5, 5.41) is 2.88. The second-order valence-corrected chi connectivity index (χ2v) is 9.71. The number of hydrogen-bond donors (Lipinski definition) is 1. The first-order chi connectivity index (χ1) is 16.0. The average Bonchev–Trinajstić information content (AvgIpc) is 2.86. The first-order valence-electron chi connectivity index (χ1n) is 10.9. The summed E-state index contributed by atoms with van der Waals surface area (Å²) in [6.45, 7) is 2.07. The average molecular weight is 477 g/mol. The van der Waals surface area contributed by atoms with Gasteiger partial charge in [0.1, 0.15) is 19.8 Å². The molecule has 33 heavy (non-hydrogen) atoms. The maximum absolute atomic E-state index is 13.0. The van der Waals surface area contributed by atoms with Crippen molar-refractivity contribution in [3.63, 3.8) is 0 Å². The van der Waals surface area contributed by atoms with Crippen LogP contribution in [0.2, 0.25) is 0 Å². The summed E-state index contributed by atoms with van der Waals surface area (Å²) in [4.78, 5) is 12.7. The first kappa shape index (κ1) is 23.2. The minimum atomic E-state index is -3.67. The van der Waals surface area contributed by atoms with Crippen LogP contribution < -0.4 is 24.3 Å². The molecule has 0 radical (unpaired) electrons. The lowest BCUT2D eigenvalue weighted by molar-refractivity contribution is -0.126. The molecule has 9 nitrogen and oxygen atoms in total. The minimum Gasteiger partial charge on any atom is -0.493 e. The number of methoxy groups -OCH3 is 1. The third kappa shape index (κ3) is 5.33. The van der Waals surface area contributed by atoms with Crippen LogP contribution in [0.4, 0.5) is 0 Å². The second kappa shape index (κ2) is 10.3. The van der Waals surface area contributed by atoms with Crippen LogP contribution in [-0.2, 0) is 14.8 Å². The molecule has 0 spiro atoms. The van der Waals surface area contributed by atoms with E-state index in [1.807, 2.05) is 12.1 Å². The highest BCUT2D eigenvalue weighted by molar-refractivity contribution is 7.89. The summed E-state index contributed by atoms with van der Waals surface area (Å²) in [5.74, 6) is 1.91. The van der Waals surface area contributed by atoms with Crippen LogP contribution in [0.25, 0.3) is 0 Å². The number of nitrogens with zero attached hydrogens (tertiary/aromatic N) is 1. The molecule has 0 aliphatic carbocycles. The van der Waals surface area contributed by atoms with E-state index in [1.54, 1.807) is 25.3 Å². The molecule has 1 N–H and O–H groups in total. The highest BCUT2D eigenvalue weighted by Gasteiger charge is 2.32. The predicted octanol–water partition coefficient (Wildman–Crippen LogP) is 2.06. The zero-order valence-electron chi connectivity index (χ0n) is 18.5. The van der Waals surface area contributed by atoms with Crippen molar-refractivity contribution in [2.24, 2.45) is 5.92 Å². The molecule has 1 fully saturated rings. The molecule has 2 heterocycles. The number of carbonyl (C=O) groups excluding carboxylic acids is 1. The van der Waals surface area contributed by atoms with E-state index in [0.717, 1.165) is 0 Å². The maximum atomic E-state index is 13.0. The van der Waals surface area contributed by atoms with E-state index in [-0.39, 0.29) is 29.8 Å². The summed E-state index contributed by atoms with van der Waals surface area (Å²) in [6.07, 6.45) is 0.923. The number of carbonyl (C=O) groups is 1. The van der Waals surface area contributed by atoms with E-state index in [2.05, 4.69) is 5.32 Å². The number of piperidine rings is 1. The molecule has 0 atom stereocenters. The Morgan fingerprint density at radius 1 is 1.06 bits per heavy atom. The molecule has 2 aliphatic heterocycles. The molecule has 0 aromatic heterocycles. The third-order valence-electron chi connectivity index (χ3n) is 5.70. The molecule has 2 aromatic carbocycles. The number of rotatable bonds is 8. The number of ether oxygens (including phenoxy) is 4. The molecular formula is C23H28N2O7S. The van der Waals surface area contributed by atoms with Crippen LogP contribution in [0.3, 0.4) is 0 Å². The summed E-state index contributed by atoms with van der Waals surface area (Å²) in [5.41, 5.74) is 0. The molecule has 1 amide bonds. The Kier molecular flexibility index (Phi) is 7.24. The Hall–Kier alpha value is -2.98. The summed E-state index contributed by atoms with van der Waals surface area (Å²) >= 11 is 0. The first-order valence-corrected chi connectivity index (χ1v) is 12.4. The van der Waals surface area contributed by atoms with Gasteiger partial charge in [-0.2, -0.15) is 4.31 Å². The fourth-order valence-corrected chi connectivity index (χ4v) is 5.39. The summed E-state index contributed by atoms with van der Waals surface area (Å²) in [6, 6.07) is 12.0. The van der Waals surface area contributed by atoms with Gasteiger partial charge < -0.3 is 24.3 Å². The van der Waals surface area contributed by atoms with Gasteiger partial charge in [-0.25, -0.2) is 8.42 Å². The van der Waals surface area contributed by atoms with Gasteiger partial charge in [0, 0.05) is 25.1 Å². The zero-order chi connectivity index (χ0) is 23.3. The lowest BCUT2D eigenvalue weighted by Gasteiger charge is -2.30. The fourth-order valence-electron chi connectivity index (χ4n) is 3.91. The summed E-state index contributed by atoms with van der Waals surface area (Å²) in [7, 11) is -2.09. The maximum Gasteiger partial charge on any atom is 0.243 e. The normalized spacial score (nSPS) is 16.8. The lowest BCUT2D eigenvalue weighted by atomic mass is 9.97. The molecule has 1 saturated heterocycles. The topological polar surface area (TPSA) is 103 Å². The Bertz CT molecular complexity index is 1080. The smallest absolute Gasteiger partial charge is 0.243 e. The van der Waals surface area contributed by atoms with Gasteiger partial charge in [-0.15, -0.1) is 0 Å². The van der Waals surface area contributed by atoms with Gasteiger partial charge in [0.25, 0.3) is 0 Å². The fraction of sp³-hybridized carbons (Fsp3) is 0.435. The quantitative estimate of drug-likeness (QED) is 0.582. The van der Waals surface area contributed by atoms with Crippen LogP contribution in [0.15, 0.2) is 47.4 Å². The van der Waals surface area contributed by atoms with Crippen molar-refractivity contribution < 1.29 is 32.2 Å². The van der Waals surface area contributed by atoms with Gasteiger partial charge in [0.15, 0.2) is 23.0 Å². The van der Waals surface area contributed by atoms with Crippen LogP contribution in [-0.4, -0.2) is 65.2 Å². The van der Waals surface area contributed by atoms with Gasteiger partial charge in [-0.05, 0) is 37.1 Å². The van der Waals surface area contributed by atoms with Crippen LogP contribution in [0, 0.1) is 5.92 Å². The lowest BCUT2D eigenvalue weighted by Crippen LogP contribution is -2.43. The van der Waals surface area contributed by atoms with E-state index >= 15 is 0 Å². The summed E-state index contributed by atoms with van der Waals surface area (Å²) < 4.78 is 49.4. The van der Waals surface area contributed by atoms with Crippen LogP contribution in [0.5, 0.6) is 23.0 Å². The number of para-hydroxylation sites is 2. The van der Waals surface area contributed by atoms with Gasteiger partial charge in [-0.1, -0.05) is 12.1 Å². The molecule has 4 rings (SSSR count). The standard InChI is InChI=1S/C23H28N2O7S/c1-29-19-4-2-3-5-20(19)30-13-10-24-23(26)17-8-11-25(12-9-17)33(27,28)18-6-7-21-22(16-18)32-15-14-31-21/h2-7,16-17H,8-15H2,1H3,(H,24,26). The molecule has 0 unspecified atom stereocenters. The van der Waals surface area contributed by atoms with Crippen molar-refractivity contribution in [1.82, 2.24) is 9.62 Å². The largest absolute Gasteiger partial charge is 0.493 e. The van der Waals surface area contributed by atoms with Crippen molar-refractivity contribution in [2.45, 2.75) is 17.7 Å². The minimum absolute atomic E-state index is 0.0880. The van der Waals surface area contributed by atoms with E-state index in [9.17, 15) is 13.2 Å². The highest BCUT2D eigenvalue weighted by Crippen LogP contribution is 2.34. The highest BCUT2D eigenvalue weighted by atomic mass is 32.2. The molecule has 10 heteroatoms. The number of nitrogens with one attached hydrogen (secondary N) is 1. The number of sulfonamides is 1. The van der Waals surface area contributed by atoms with E-state index in [0.29, 0.717) is 62.2 Å². The second-order valence-electron chi connectivity index (χ2n) is 7.77. The van der Waals surface area contributed by atoms with E-state index in [4.69, 9.17) is 18.9 Å². The molecular weight excluding hydrogens is 448 g/mol. The monoisotopic (exact) mass is 476 g/mol. The van der Waals surface area contributed by atoms with E-state index < -0.39 is 10.0 Å². The zero-order valence-corrected chi connectivity index (χ0v) is 19.3. The van der Waals surface area contributed by atoms with Gasteiger partial charge in [0.05, 0.1) is 18.6 Å². The Morgan fingerprint density at radius 3 is 2.48 bits per heavy atom. The molecule has 2 aliphatic rings. The van der Waals surface area contributed by atoms with Gasteiger partial charge in [0.2, 0.25) is 15.9 Å². The van der Waals surface area contributed by atoms with Gasteiger partial charge >= 0.3 is 0 Å². The molecule has 2 aromatic rings. The molecule has 178 valence electrons. The number of benzene rings is 2. The van der Waals surface area contributed by atoms with Crippen molar-refractivity contribution >= 4 is 15.9 Å². The van der Waals surface area contributed by atoms with E-state index in [1.165, 1.54) is 16.4 Å². The van der Waals surface area contributed by atoms with Gasteiger partial charge in [-0.3, -0.25) is 4.79 Å². The third-order valence-corrected chi connectivity index (χ3v) is 7.60. The van der Waals surface area contributed by atoms with Crippen molar-refractivity contribution in [1.29, 1.82) is 0 Å². The predicted molar refractivity (Wildman–Crippen MR) is 120 cm³/mol. The van der Waals surface area contributed by atoms with Crippen molar-refractivity contribution in [3.05, 3.63) is 42.5 Å². The number of amides is 1. The number of hydrogen-bond acceptors (Lipinski definition) is 7. The number of fused-ring (bicyclic) bond motifs is 1.